The van der Waals surface area contributed by atoms with Gasteiger partial charge in [-0.1, -0.05) is 11.6 Å². The molecule has 1 aliphatic heterocycles. The zero-order valence-electron chi connectivity index (χ0n) is 13.0. The third kappa shape index (κ3) is 2.87. The number of nitrogens with zero attached hydrogens (tertiary/aromatic N) is 3. The smallest absolute Gasteiger partial charge is 0.319 e. The molecular weight excluding hydrogens is 306 g/mol. The second kappa shape index (κ2) is 6.18. The average molecular weight is 328 g/mol. The van der Waals surface area contributed by atoms with Gasteiger partial charge in [0.05, 0.1) is 25.9 Å². The van der Waals surface area contributed by atoms with Crippen LogP contribution in [0.15, 0.2) is 6.07 Å². The highest BCUT2D eigenvalue weighted by Crippen LogP contribution is 2.52. The van der Waals surface area contributed by atoms with Gasteiger partial charge in [-0.05, 0) is 31.1 Å². The highest BCUT2D eigenvalue weighted by Gasteiger charge is 2.49. The number of hydrogen-bond acceptors (Lipinski definition) is 6. The Morgan fingerprint density at radius 2 is 2.14 bits per heavy atom. The molecule has 1 unspecified atom stereocenters. The maximum absolute atomic E-state index is 9.81. The number of aliphatic hydroxyl groups is 1. The van der Waals surface area contributed by atoms with Crippen molar-refractivity contribution in [1.29, 1.82) is 0 Å². The van der Waals surface area contributed by atoms with E-state index in [9.17, 15) is 5.11 Å². The van der Waals surface area contributed by atoms with E-state index in [4.69, 9.17) is 21.1 Å². The summed E-state index contributed by atoms with van der Waals surface area (Å²) in [6.07, 6.45) is 4.57. The molecule has 1 spiro atoms. The molecule has 2 aliphatic rings. The zero-order valence-corrected chi connectivity index (χ0v) is 13.7. The summed E-state index contributed by atoms with van der Waals surface area (Å²) >= 11 is 6.03. The van der Waals surface area contributed by atoms with Crippen molar-refractivity contribution in [2.75, 3.05) is 32.3 Å². The monoisotopic (exact) mass is 327 g/mol. The molecule has 0 amide bonds. The average Bonchev–Trinajstić information content (AvgIpc) is 2.51. The van der Waals surface area contributed by atoms with E-state index in [1.165, 1.54) is 7.11 Å². The summed E-state index contributed by atoms with van der Waals surface area (Å²) in [5.74, 6) is 0.716. The Morgan fingerprint density at radius 3 is 2.77 bits per heavy atom. The summed E-state index contributed by atoms with van der Waals surface area (Å²) in [5.41, 5.74) is 0.311. The first-order chi connectivity index (χ1) is 10.6. The van der Waals surface area contributed by atoms with E-state index in [1.54, 1.807) is 13.2 Å². The van der Waals surface area contributed by atoms with Crippen molar-refractivity contribution < 1.29 is 14.6 Å². The number of rotatable bonds is 4. The van der Waals surface area contributed by atoms with Gasteiger partial charge in [-0.2, -0.15) is 9.97 Å². The van der Waals surface area contributed by atoms with Crippen LogP contribution in [0.4, 0.5) is 5.82 Å². The van der Waals surface area contributed by atoms with Crippen LogP contribution in [0.25, 0.3) is 0 Å². The minimum atomic E-state index is 0.0437. The molecule has 6 nitrogen and oxygen atoms in total. The van der Waals surface area contributed by atoms with Crippen LogP contribution in [0.2, 0.25) is 5.15 Å². The molecule has 0 radical (unpaired) electrons. The molecule has 122 valence electrons. The normalized spacial score (nSPS) is 31.2. The van der Waals surface area contributed by atoms with Gasteiger partial charge >= 0.3 is 6.01 Å². The van der Waals surface area contributed by atoms with Gasteiger partial charge in [-0.25, -0.2) is 0 Å². The predicted molar refractivity (Wildman–Crippen MR) is 83.5 cm³/mol. The van der Waals surface area contributed by atoms with E-state index < -0.39 is 0 Å². The first kappa shape index (κ1) is 15.8. The van der Waals surface area contributed by atoms with Crippen LogP contribution >= 0.6 is 11.6 Å². The van der Waals surface area contributed by atoms with Gasteiger partial charge in [0.1, 0.15) is 11.0 Å². The molecule has 0 aromatic carbocycles. The van der Waals surface area contributed by atoms with Crippen molar-refractivity contribution in [3.8, 4) is 6.01 Å². The van der Waals surface area contributed by atoms with Crippen molar-refractivity contribution >= 4 is 17.4 Å². The van der Waals surface area contributed by atoms with E-state index in [0.29, 0.717) is 22.5 Å². The molecule has 1 aromatic heterocycles. The molecule has 7 heteroatoms. The highest BCUT2D eigenvalue weighted by atomic mass is 35.5. The number of piperidine rings is 1. The molecule has 1 aromatic rings. The molecule has 1 aliphatic carbocycles. The molecule has 0 bridgehead atoms. The van der Waals surface area contributed by atoms with E-state index in [-0.39, 0.29) is 18.7 Å². The van der Waals surface area contributed by atoms with Crippen molar-refractivity contribution in [2.24, 2.45) is 5.41 Å². The molecular formula is C15H22ClN3O3. The quantitative estimate of drug-likeness (QED) is 0.852. The lowest BCUT2D eigenvalue weighted by Gasteiger charge is -2.54. The van der Waals surface area contributed by atoms with Crippen molar-refractivity contribution in [3.63, 3.8) is 0 Å². The highest BCUT2D eigenvalue weighted by molar-refractivity contribution is 6.29. The molecule has 2 fully saturated rings. The maximum atomic E-state index is 9.81. The summed E-state index contributed by atoms with van der Waals surface area (Å²) in [6, 6.07) is 2.02. The summed E-state index contributed by atoms with van der Waals surface area (Å²) in [6.45, 7) is 0.946. The summed E-state index contributed by atoms with van der Waals surface area (Å²) in [4.78, 5) is 10.5. The number of ether oxygens (including phenoxy) is 2. The number of methoxy groups -OCH3 is 2. The van der Waals surface area contributed by atoms with Gasteiger partial charge < -0.3 is 19.5 Å². The SMILES string of the molecule is COc1nc(Cl)cc(N2CCC3(CC(OC)C3)CC2CO)n1. The third-order valence-electron chi connectivity index (χ3n) is 5.00. The van der Waals surface area contributed by atoms with E-state index in [0.717, 1.165) is 32.2 Å². The van der Waals surface area contributed by atoms with Crippen LogP contribution in [0.3, 0.4) is 0 Å². The number of anilines is 1. The maximum Gasteiger partial charge on any atom is 0.319 e. The van der Waals surface area contributed by atoms with E-state index in [2.05, 4.69) is 14.9 Å². The molecule has 1 saturated heterocycles. The van der Waals surface area contributed by atoms with Crippen LogP contribution in [0.5, 0.6) is 6.01 Å². The van der Waals surface area contributed by atoms with Crippen LogP contribution in [0, 0.1) is 5.41 Å². The number of aliphatic hydroxyl groups excluding tert-OH is 1. The molecule has 1 saturated carbocycles. The molecule has 22 heavy (non-hydrogen) atoms. The predicted octanol–water partition coefficient (Wildman–Crippen LogP) is 1.89. The lowest BCUT2D eigenvalue weighted by atomic mass is 9.60. The fourth-order valence-electron chi connectivity index (χ4n) is 3.78. The second-order valence-electron chi connectivity index (χ2n) is 6.29. The Hall–Kier alpha value is -1.11. The van der Waals surface area contributed by atoms with E-state index in [1.807, 2.05) is 0 Å². The zero-order chi connectivity index (χ0) is 15.7. The number of halogens is 1. The van der Waals surface area contributed by atoms with Crippen LogP contribution in [-0.2, 0) is 4.74 Å². The fraction of sp³-hybridized carbons (Fsp3) is 0.733. The van der Waals surface area contributed by atoms with Gasteiger partial charge in [0, 0.05) is 19.7 Å². The Labute approximate surface area is 135 Å². The lowest BCUT2D eigenvalue weighted by molar-refractivity contribution is -0.0793. The summed E-state index contributed by atoms with van der Waals surface area (Å²) in [7, 11) is 3.29. The van der Waals surface area contributed by atoms with Gasteiger partial charge in [-0.3, -0.25) is 0 Å². The van der Waals surface area contributed by atoms with Gasteiger partial charge in [0.2, 0.25) is 0 Å². The second-order valence-corrected chi connectivity index (χ2v) is 6.67. The minimum absolute atomic E-state index is 0.0437. The first-order valence-electron chi connectivity index (χ1n) is 7.58. The Balaban J connectivity index is 1.77. The van der Waals surface area contributed by atoms with Crippen LogP contribution < -0.4 is 9.64 Å². The van der Waals surface area contributed by atoms with Crippen LogP contribution in [-0.4, -0.2) is 54.6 Å². The molecule has 3 rings (SSSR count). The van der Waals surface area contributed by atoms with Gasteiger partial charge in [0.25, 0.3) is 0 Å². The minimum Gasteiger partial charge on any atom is -0.467 e. The van der Waals surface area contributed by atoms with Gasteiger partial charge in [0.15, 0.2) is 0 Å². The van der Waals surface area contributed by atoms with Crippen LogP contribution in [0.1, 0.15) is 25.7 Å². The molecule has 1 N–H and O–H groups in total. The topological polar surface area (TPSA) is 67.7 Å². The van der Waals surface area contributed by atoms with Crippen molar-refractivity contribution in [3.05, 3.63) is 11.2 Å². The molecule has 2 heterocycles. The number of hydrogen-bond donors (Lipinski definition) is 1. The van der Waals surface area contributed by atoms with E-state index >= 15 is 0 Å². The summed E-state index contributed by atoms with van der Waals surface area (Å²) in [5, 5.41) is 10.2. The lowest BCUT2D eigenvalue weighted by Crippen LogP contribution is -2.55. The Bertz CT molecular complexity index is 537. The Kier molecular flexibility index (Phi) is 4.43. The molecule has 1 atom stereocenters. The summed E-state index contributed by atoms with van der Waals surface area (Å²) < 4.78 is 10.5. The fourth-order valence-corrected chi connectivity index (χ4v) is 3.95. The van der Waals surface area contributed by atoms with Crippen molar-refractivity contribution in [1.82, 2.24) is 9.97 Å². The van der Waals surface area contributed by atoms with Gasteiger partial charge in [-0.15, -0.1) is 0 Å². The third-order valence-corrected chi connectivity index (χ3v) is 5.19. The van der Waals surface area contributed by atoms with Crippen molar-refractivity contribution in [2.45, 2.75) is 37.8 Å². The number of aromatic nitrogens is 2. The first-order valence-corrected chi connectivity index (χ1v) is 7.96. The Morgan fingerprint density at radius 1 is 1.36 bits per heavy atom. The largest absolute Gasteiger partial charge is 0.467 e. The standard InChI is InChI=1S/C15H22ClN3O3/c1-21-11-7-15(8-11)3-4-19(10(6-15)9-20)13-5-12(16)17-14(18-13)22-2/h5,10-11,20H,3-4,6-9H2,1-2H3.